The van der Waals surface area contributed by atoms with Crippen molar-refractivity contribution >= 4 is 17.4 Å². The van der Waals surface area contributed by atoms with E-state index in [1.54, 1.807) is 17.5 Å². The first-order valence-electron chi connectivity index (χ1n) is 6.30. The second-order valence-electron chi connectivity index (χ2n) is 4.52. The highest BCUT2D eigenvalue weighted by Gasteiger charge is 2.22. The van der Waals surface area contributed by atoms with Gasteiger partial charge >= 0.3 is 6.09 Å². The molecule has 1 aromatic rings. The minimum absolute atomic E-state index is 0.0689. The summed E-state index contributed by atoms with van der Waals surface area (Å²) < 4.78 is 4.99. The van der Waals surface area contributed by atoms with Gasteiger partial charge < -0.3 is 10.5 Å². The molecular formula is C11H16N6O2S. The molecule has 0 radical (unpaired) electrons. The molecule has 8 nitrogen and oxygen atoms in total. The van der Waals surface area contributed by atoms with Crippen LogP contribution in [0, 0.1) is 0 Å². The second kappa shape index (κ2) is 7.09. The maximum Gasteiger partial charge on any atom is 0.404 e. The van der Waals surface area contributed by atoms with Crippen LogP contribution in [-0.4, -0.2) is 35.2 Å². The van der Waals surface area contributed by atoms with Gasteiger partial charge in [0.1, 0.15) is 11.1 Å². The number of hydrogen-bond acceptors (Lipinski definition) is 6. The van der Waals surface area contributed by atoms with E-state index in [-0.39, 0.29) is 6.10 Å². The number of nitrogens with two attached hydrogens (primary N) is 1. The Balaban J connectivity index is 1.78. The number of ether oxygens (including phenoxy) is 1. The molecule has 1 fully saturated rings. The Labute approximate surface area is 120 Å². The highest BCUT2D eigenvalue weighted by atomic mass is 32.1. The van der Waals surface area contributed by atoms with E-state index >= 15 is 0 Å². The van der Waals surface area contributed by atoms with Crippen molar-refractivity contribution in [3.05, 3.63) is 26.5 Å². The van der Waals surface area contributed by atoms with Crippen molar-refractivity contribution in [2.24, 2.45) is 10.8 Å². The van der Waals surface area contributed by atoms with Gasteiger partial charge in [0.15, 0.2) is 0 Å². The average Bonchev–Trinajstić information content (AvgIpc) is 2.86. The molecule has 108 valence electrons. The molecule has 0 aromatic carbocycles. The molecule has 2 rings (SSSR count). The first kappa shape index (κ1) is 14.6. The summed E-state index contributed by atoms with van der Waals surface area (Å²) in [5.74, 6) is 0. The molecule has 0 aliphatic carbocycles. The van der Waals surface area contributed by atoms with E-state index in [1.807, 2.05) is 0 Å². The first-order chi connectivity index (χ1) is 9.67. The summed E-state index contributed by atoms with van der Waals surface area (Å²) in [7, 11) is 0. The summed E-state index contributed by atoms with van der Waals surface area (Å²) in [4.78, 5) is 20.9. The molecule has 2 N–H and O–H groups in total. The maximum absolute atomic E-state index is 10.7. The van der Waals surface area contributed by atoms with Crippen LogP contribution in [0.25, 0.3) is 10.4 Å². The number of azide groups is 1. The van der Waals surface area contributed by atoms with Gasteiger partial charge in [0.25, 0.3) is 0 Å². The Bertz CT molecular complexity index is 505. The van der Waals surface area contributed by atoms with Crippen molar-refractivity contribution in [2.75, 3.05) is 13.1 Å². The summed E-state index contributed by atoms with van der Waals surface area (Å²) in [5, 5.41) is 4.52. The lowest BCUT2D eigenvalue weighted by molar-refractivity contribution is 0.0541. The molecule has 0 unspecified atom stereocenters. The van der Waals surface area contributed by atoms with Gasteiger partial charge in [0.05, 0.1) is 13.1 Å². The average molecular weight is 296 g/mol. The van der Waals surface area contributed by atoms with E-state index in [9.17, 15) is 4.79 Å². The maximum atomic E-state index is 10.7. The van der Waals surface area contributed by atoms with E-state index < -0.39 is 6.09 Å². The standard InChI is InChI=1S/C11H16N6O2S/c12-11(18)19-8-1-3-17(4-2-8)7-10-14-5-9(20-10)6-15-16-13/h5,8H,1-4,6-7H2,(H2,12,18). The molecule has 1 saturated heterocycles. The summed E-state index contributed by atoms with van der Waals surface area (Å²) in [6, 6.07) is 0. The van der Waals surface area contributed by atoms with E-state index in [0.717, 1.165) is 42.4 Å². The molecule has 1 aromatic heterocycles. The van der Waals surface area contributed by atoms with Crippen molar-refractivity contribution < 1.29 is 9.53 Å². The SMILES string of the molecule is [N-]=[N+]=NCc1cnc(CN2CCC(OC(N)=O)CC2)s1. The van der Waals surface area contributed by atoms with Crippen molar-refractivity contribution in [1.82, 2.24) is 9.88 Å². The van der Waals surface area contributed by atoms with Gasteiger partial charge in [0.2, 0.25) is 0 Å². The predicted molar refractivity (Wildman–Crippen MR) is 73.9 cm³/mol. The molecule has 2 heterocycles. The molecular weight excluding hydrogens is 280 g/mol. The number of carbonyl (C=O) groups is 1. The number of amides is 1. The van der Waals surface area contributed by atoms with Gasteiger partial charge in [0, 0.05) is 29.1 Å². The Morgan fingerprint density at radius 3 is 3.05 bits per heavy atom. The lowest BCUT2D eigenvalue weighted by Crippen LogP contribution is -2.38. The lowest BCUT2D eigenvalue weighted by Gasteiger charge is -2.30. The normalized spacial score (nSPS) is 16.6. The number of thiazole rings is 1. The highest BCUT2D eigenvalue weighted by molar-refractivity contribution is 7.11. The van der Waals surface area contributed by atoms with E-state index in [4.69, 9.17) is 16.0 Å². The van der Waals surface area contributed by atoms with Crippen LogP contribution in [0.2, 0.25) is 0 Å². The topological polar surface area (TPSA) is 117 Å². The fraction of sp³-hybridized carbons (Fsp3) is 0.636. The number of hydrogen-bond donors (Lipinski definition) is 1. The number of piperidine rings is 1. The van der Waals surface area contributed by atoms with Gasteiger partial charge in [-0.2, -0.15) is 0 Å². The molecule has 9 heteroatoms. The highest BCUT2D eigenvalue weighted by Crippen LogP contribution is 2.19. The van der Waals surface area contributed by atoms with Gasteiger partial charge in [-0.15, -0.1) is 11.3 Å². The number of aromatic nitrogens is 1. The quantitative estimate of drug-likeness (QED) is 0.508. The molecule has 1 amide bonds. The predicted octanol–water partition coefficient (Wildman–Crippen LogP) is 2.01. The minimum Gasteiger partial charge on any atom is -0.446 e. The minimum atomic E-state index is -0.703. The largest absolute Gasteiger partial charge is 0.446 e. The molecule has 0 saturated carbocycles. The summed E-state index contributed by atoms with van der Waals surface area (Å²) >= 11 is 1.55. The number of rotatable bonds is 5. The van der Waals surface area contributed by atoms with Crippen LogP contribution in [0.1, 0.15) is 22.7 Å². The van der Waals surface area contributed by atoms with Crippen LogP contribution in [0.3, 0.4) is 0 Å². The van der Waals surface area contributed by atoms with Crippen molar-refractivity contribution in [2.45, 2.75) is 32.0 Å². The van der Waals surface area contributed by atoms with Crippen LogP contribution in [0.4, 0.5) is 4.79 Å². The Morgan fingerprint density at radius 2 is 2.40 bits per heavy atom. The molecule has 0 bridgehead atoms. The number of carbonyl (C=O) groups excluding carboxylic acids is 1. The Kier molecular flexibility index (Phi) is 5.16. The van der Waals surface area contributed by atoms with Crippen molar-refractivity contribution in [3.8, 4) is 0 Å². The fourth-order valence-electron chi connectivity index (χ4n) is 2.14. The summed E-state index contributed by atoms with van der Waals surface area (Å²) in [6.07, 6.45) is 2.56. The zero-order chi connectivity index (χ0) is 14.4. The van der Waals surface area contributed by atoms with Gasteiger partial charge in [-0.3, -0.25) is 4.90 Å². The monoisotopic (exact) mass is 296 g/mol. The Morgan fingerprint density at radius 1 is 1.65 bits per heavy atom. The zero-order valence-corrected chi connectivity index (χ0v) is 11.8. The van der Waals surface area contributed by atoms with Crippen LogP contribution in [-0.2, 0) is 17.8 Å². The lowest BCUT2D eigenvalue weighted by atomic mass is 10.1. The van der Waals surface area contributed by atoms with Crippen LogP contribution < -0.4 is 5.73 Å². The third kappa shape index (κ3) is 4.37. The smallest absolute Gasteiger partial charge is 0.404 e. The molecule has 20 heavy (non-hydrogen) atoms. The summed E-state index contributed by atoms with van der Waals surface area (Å²) in [6.45, 7) is 2.82. The number of nitrogens with zero attached hydrogens (tertiary/aromatic N) is 5. The van der Waals surface area contributed by atoms with E-state index in [2.05, 4.69) is 19.9 Å². The van der Waals surface area contributed by atoms with E-state index in [1.165, 1.54) is 0 Å². The molecule has 1 aliphatic heterocycles. The molecule has 0 spiro atoms. The van der Waals surface area contributed by atoms with Crippen molar-refractivity contribution in [3.63, 3.8) is 0 Å². The zero-order valence-electron chi connectivity index (χ0n) is 10.9. The van der Waals surface area contributed by atoms with Crippen LogP contribution in [0.15, 0.2) is 11.3 Å². The number of primary amides is 1. The van der Waals surface area contributed by atoms with Crippen molar-refractivity contribution in [1.29, 1.82) is 0 Å². The molecule has 1 aliphatic rings. The second-order valence-corrected chi connectivity index (χ2v) is 5.72. The summed E-state index contributed by atoms with van der Waals surface area (Å²) in [5.41, 5.74) is 13.3. The first-order valence-corrected chi connectivity index (χ1v) is 7.12. The van der Waals surface area contributed by atoms with Crippen LogP contribution in [0.5, 0.6) is 0 Å². The third-order valence-corrected chi connectivity index (χ3v) is 4.03. The number of likely N-dealkylation sites (tertiary alicyclic amines) is 1. The third-order valence-electron chi connectivity index (χ3n) is 3.07. The molecule has 0 atom stereocenters. The van der Waals surface area contributed by atoms with E-state index in [0.29, 0.717) is 6.54 Å². The Hall–Kier alpha value is -1.83. The van der Waals surface area contributed by atoms with Gasteiger partial charge in [-0.25, -0.2) is 9.78 Å². The van der Waals surface area contributed by atoms with Crippen LogP contribution >= 0.6 is 11.3 Å². The van der Waals surface area contributed by atoms with Gasteiger partial charge in [-0.1, -0.05) is 5.11 Å². The van der Waals surface area contributed by atoms with Gasteiger partial charge in [-0.05, 0) is 18.4 Å². The fourth-order valence-corrected chi connectivity index (χ4v) is 3.02.